The van der Waals surface area contributed by atoms with Crippen LogP contribution in [0.3, 0.4) is 0 Å². The molecule has 0 radical (unpaired) electrons. The van der Waals surface area contributed by atoms with Gasteiger partial charge < -0.3 is 10.2 Å². The van der Waals surface area contributed by atoms with Crippen molar-refractivity contribution < 1.29 is 9.21 Å². The molecule has 0 fully saturated rings. The maximum atomic E-state index is 12.2. The van der Waals surface area contributed by atoms with E-state index < -0.39 is 11.5 Å². The normalized spacial score (nSPS) is 10.5. The molecule has 0 spiro atoms. The van der Waals surface area contributed by atoms with Crippen LogP contribution < -0.4 is 16.7 Å². The molecule has 0 atom stereocenters. The fourth-order valence-electron chi connectivity index (χ4n) is 2.24. The predicted molar refractivity (Wildman–Crippen MR) is 90.3 cm³/mol. The van der Waals surface area contributed by atoms with Crippen LogP contribution in [0.4, 0.5) is 6.01 Å². The largest absolute Gasteiger partial charge is 0.388 e. The van der Waals surface area contributed by atoms with E-state index in [-0.39, 0.29) is 11.9 Å². The van der Waals surface area contributed by atoms with Gasteiger partial charge in [0.1, 0.15) is 0 Å². The summed E-state index contributed by atoms with van der Waals surface area (Å²) in [5.74, 6) is -0.398. The van der Waals surface area contributed by atoms with Crippen LogP contribution >= 0.6 is 0 Å². The number of amidine groups is 1. The van der Waals surface area contributed by atoms with E-state index in [9.17, 15) is 9.59 Å². The first-order chi connectivity index (χ1) is 11.5. The maximum Gasteiger partial charge on any atom is 0.348 e. The highest BCUT2D eigenvalue weighted by atomic mass is 16.4. The van der Waals surface area contributed by atoms with Gasteiger partial charge in [0.25, 0.3) is 5.91 Å². The molecule has 0 saturated heterocycles. The third-order valence-electron chi connectivity index (χ3n) is 3.37. The molecule has 0 aliphatic heterocycles. The summed E-state index contributed by atoms with van der Waals surface area (Å²) in [6, 6.07) is 13.2. The summed E-state index contributed by atoms with van der Waals surface area (Å²) in [5.41, 5.74) is 6.42. The van der Waals surface area contributed by atoms with Gasteiger partial charge in [-0.05, 0) is 29.8 Å². The van der Waals surface area contributed by atoms with E-state index in [0.29, 0.717) is 22.9 Å². The van der Waals surface area contributed by atoms with Gasteiger partial charge in [-0.2, -0.15) is 4.98 Å². The van der Waals surface area contributed by atoms with E-state index >= 15 is 0 Å². The molecule has 7 nitrogen and oxygen atoms in total. The molecule has 0 bridgehead atoms. The third kappa shape index (κ3) is 3.30. The zero-order valence-corrected chi connectivity index (χ0v) is 12.6. The number of amides is 1. The summed E-state index contributed by atoms with van der Waals surface area (Å²) >= 11 is 0. The van der Waals surface area contributed by atoms with Crippen LogP contribution in [0.1, 0.15) is 15.9 Å². The number of fused-ring (bicyclic) bond motifs is 1. The number of rotatable bonds is 4. The van der Waals surface area contributed by atoms with E-state index in [1.54, 1.807) is 48.5 Å². The Morgan fingerprint density at radius 1 is 1.17 bits per heavy atom. The highest BCUT2D eigenvalue weighted by Crippen LogP contribution is 2.12. The molecule has 24 heavy (non-hydrogen) atoms. The average Bonchev–Trinajstić information content (AvgIpc) is 2.55. The summed E-state index contributed by atoms with van der Waals surface area (Å²) in [6.07, 6.45) is 0.322. The standard InChI is InChI=1S/C17H14N4O3/c18-14(19)9-10-5-7-11(8-6-10)15(22)21-17-20-13-4-2-1-3-12(13)16(23)24-17/h1-8H,9H2,(H3,18,19)(H,20,21,22). The van der Waals surface area contributed by atoms with Crippen molar-refractivity contribution in [1.29, 1.82) is 5.41 Å². The second-order valence-corrected chi connectivity index (χ2v) is 5.18. The number of benzene rings is 2. The average molecular weight is 322 g/mol. The fraction of sp³-hybridized carbons (Fsp3) is 0.0588. The fourth-order valence-corrected chi connectivity index (χ4v) is 2.24. The Morgan fingerprint density at radius 3 is 2.58 bits per heavy atom. The van der Waals surface area contributed by atoms with Gasteiger partial charge >= 0.3 is 11.6 Å². The second-order valence-electron chi connectivity index (χ2n) is 5.18. The Kier molecular flexibility index (Phi) is 4.07. The molecule has 1 heterocycles. The summed E-state index contributed by atoms with van der Waals surface area (Å²) < 4.78 is 5.02. The first-order valence-electron chi connectivity index (χ1n) is 7.16. The van der Waals surface area contributed by atoms with Gasteiger partial charge in [0.15, 0.2) is 0 Å². The van der Waals surface area contributed by atoms with Crippen molar-refractivity contribution in [2.24, 2.45) is 5.73 Å². The second kappa shape index (κ2) is 6.33. The Morgan fingerprint density at radius 2 is 1.88 bits per heavy atom. The van der Waals surface area contributed by atoms with E-state index in [1.807, 2.05) is 0 Å². The number of aromatic nitrogens is 1. The molecular formula is C17H14N4O3. The lowest BCUT2D eigenvalue weighted by atomic mass is 10.1. The minimum atomic E-state index is -0.562. The molecule has 0 saturated carbocycles. The Bertz CT molecular complexity index is 977. The van der Waals surface area contributed by atoms with Crippen LogP contribution in [-0.2, 0) is 6.42 Å². The van der Waals surface area contributed by atoms with Crippen LogP contribution in [0.5, 0.6) is 0 Å². The highest BCUT2D eigenvalue weighted by molar-refractivity contribution is 6.03. The van der Waals surface area contributed by atoms with E-state index in [2.05, 4.69) is 10.3 Å². The number of hydrogen-bond donors (Lipinski definition) is 3. The molecule has 1 aromatic heterocycles. The Labute approximate surface area is 136 Å². The van der Waals surface area contributed by atoms with Crippen molar-refractivity contribution in [3.63, 3.8) is 0 Å². The quantitative estimate of drug-likeness (QED) is 0.500. The van der Waals surface area contributed by atoms with Gasteiger partial charge in [-0.1, -0.05) is 24.3 Å². The topological polar surface area (TPSA) is 122 Å². The Balaban J connectivity index is 1.82. The van der Waals surface area contributed by atoms with Gasteiger partial charge in [-0.3, -0.25) is 15.5 Å². The monoisotopic (exact) mass is 322 g/mol. The molecule has 120 valence electrons. The summed E-state index contributed by atoms with van der Waals surface area (Å²) in [4.78, 5) is 28.2. The van der Waals surface area contributed by atoms with Gasteiger partial charge in [0.2, 0.25) is 0 Å². The van der Waals surface area contributed by atoms with Crippen LogP contribution in [0.2, 0.25) is 0 Å². The number of nitrogens with zero attached hydrogens (tertiary/aromatic N) is 1. The van der Waals surface area contributed by atoms with Gasteiger partial charge in [-0.25, -0.2) is 4.79 Å². The van der Waals surface area contributed by atoms with Crippen LogP contribution in [-0.4, -0.2) is 16.7 Å². The zero-order valence-electron chi connectivity index (χ0n) is 12.6. The number of anilines is 1. The molecule has 7 heteroatoms. The minimum Gasteiger partial charge on any atom is -0.388 e. The van der Waals surface area contributed by atoms with Gasteiger partial charge in [0, 0.05) is 12.0 Å². The molecule has 1 amide bonds. The van der Waals surface area contributed by atoms with Crippen molar-refractivity contribution in [2.75, 3.05) is 5.32 Å². The van der Waals surface area contributed by atoms with Crippen molar-refractivity contribution >= 4 is 28.7 Å². The lowest BCUT2D eigenvalue weighted by molar-refractivity contribution is 0.102. The van der Waals surface area contributed by atoms with E-state index in [4.69, 9.17) is 15.6 Å². The number of para-hydroxylation sites is 1. The third-order valence-corrected chi connectivity index (χ3v) is 3.37. The SMILES string of the molecule is N=C(N)Cc1ccc(C(=O)Nc2nc3ccccc3c(=O)o2)cc1. The van der Waals surface area contributed by atoms with Crippen molar-refractivity contribution in [1.82, 2.24) is 4.98 Å². The number of hydrogen-bond acceptors (Lipinski definition) is 5. The molecule has 4 N–H and O–H groups in total. The smallest absolute Gasteiger partial charge is 0.348 e. The molecular weight excluding hydrogens is 308 g/mol. The molecule has 3 aromatic rings. The molecule has 0 aliphatic rings. The Hall–Kier alpha value is -3.48. The van der Waals surface area contributed by atoms with Crippen LogP contribution in [0.15, 0.2) is 57.7 Å². The maximum absolute atomic E-state index is 12.2. The number of nitrogens with one attached hydrogen (secondary N) is 2. The number of carbonyl (C=O) groups excluding carboxylic acids is 1. The summed E-state index contributed by atoms with van der Waals surface area (Å²) in [6.45, 7) is 0. The van der Waals surface area contributed by atoms with Crippen molar-refractivity contribution in [2.45, 2.75) is 6.42 Å². The molecule has 2 aromatic carbocycles. The van der Waals surface area contributed by atoms with Gasteiger partial charge in [-0.15, -0.1) is 0 Å². The first-order valence-corrected chi connectivity index (χ1v) is 7.16. The molecule has 3 rings (SSSR count). The van der Waals surface area contributed by atoms with Gasteiger partial charge in [0.05, 0.1) is 16.7 Å². The number of nitrogens with two attached hydrogens (primary N) is 1. The molecule has 0 aliphatic carbocycles. The van der Waals surface area contributed by atoms with Crippen molar-refractivity contribution in [3.05, 3.63) is 70.1 Å². The van der Waals surface area contributed by atoms with E-state index in [1.165, 1.54) is 0 Å². The zero-order chi connectivity index (χ0) is 17.1. The summed E-state index contributed by atoms with van der Waals surface area (Å²) in [5, 5.41) is 10.1. The summed E-state index contributed by atoms with van der Waals surface area (Å²) in [7, 11) is 0. The van der Waals surface area contributed by atoms with Crippen molar-refractivity contribution in [3.8, 4) is 0 Å². The first kappa shape index (κ1) is 15.4. The number of carbonyl (C=O) groups is 1. The predicted octanol–water partition coefficient (Wildman–Crippen LogP) is 1.92. The van der Waals surface area contributed by atoms with Crippen LogP contribution in [0, 0.1) is 5.41 Å². The lowest BCUT2D eigenvalue weighted by Crippen LogP contribution is -2.16. The molecule has 0 unspecified atom stereocenters. The van der Waals surface area contributed by atoms with E-state index in [0.717, 1.165) is 5.56 Å². The highest BCUT2D eigenvalue weighted by Gasteiger charge is 2.11. The minimum absolute atomic E-state index is 0.0503. The van der Waals surface area contributed by atoms with Crippen LogP contribution in [0.25, 0.3) is 10.9 Å². The lowest BCUT2D eigenvalue weighted by Gasteiger charge is -2.05.